The van der Waals surface area contributed by atoms with Gasteiger partial charge in [-0.3, -0.25) is 9.48 Å². The molecule has 0 amide bonds. The summed E-state index contributed by atoms with van der Waals surface area (Å²) in [6, 6.07) is 0. The quantitative estimate of drug-likeness (QED) is 0.636. The van der Waals surface area contributed by atoms with Crippen LogP contribution in [-0.2, 0) is 11.3 Å². The maximum Gasteiger partial charge on any atom is 0.158 e. The fourth-order valence-corrected chi connectivity index (χ4v) is 9.90. The SMILES string of the molecule is Cc1cnn(CC(=O)[C@H]2[C@H]3[C@@H](C)[C@H]3C3[C@@H]4CC[C@@H]5C[C@@H](C)CC[C@@H]5C4CC[C@@]32C)c1. The fourth-order valence-electron chi connectivity index (χ4n) is 9.90. The molecule has 0 bridgehead atoms. The number of carbonyl (C=O) groups is 1. The molecule has 2 unspecified atom stereocenters. The van der Waals surface area contributed by atoms with Gasteiger partial charge in [-0.15, -0.1) is 0 Å². The average Bonchev–Trinajstić information content (AvgIpc) is 3.04. The van der Waals surface area contributed by atoms with E-state index in [2.05, 4.69) is 32.8 Å². The molecule has 0 aliphatic heterocycles. The average molecular weight is 409 g/mol. The van der Waals surface area contributed by atoms with Gasteiger partial charge >= 0.3 is 0 Å². The molecule has 0 aromatic carbocycles. The van der Waals surface area contributed by atoms with Gasteiger partial charge in [0.25, 0.3) is 0 Å². The zero-order valence-corrected chi connectivity index (χ0v) is 19.4. The summed E-state index contributed by atoms with van der Waals surface area (Å²) in [6.45, 7) is 9.99. The van der Waals surface area contributed by atoms with Gasteiger partial charge in [0.05, 0.1) is 12.7 Å². The van der Waals surface area contributed by atoms with Crippen molar-refractivity contribution in [3.8, 4) is 0 Å². The number of carbonyl (C=O) groups excluding carboxylic acids is 1. The predicted molar refractivity (Wildman–Crippen MR) is 119 cm³/mol. The molecule has 5 fully saturated rings. The van der Waals surface area contributed by atoms with Crippen LogP contribution >= 0.6 is 0 Å². The highest BCUT2D eigenvalue weighted by Crippen LogP contribution is 2.76. The number of ketones is 1. The third-order valence-corrected chi connectivity index (χ3v) is 11.0. The molecule has 6 rings (SSSR count). The Morgan fingerprint density at radius 3 is 2.67 bits per heavy atom. The van der Waals surface area contributed by atoms with E-state index in [-0.39, 0.29) is 11.3 Å². The van der Waals surface area contributed by atoms with E-state index in [9.17, 15) is 4.79 Å². The van der Waals surface area contributed by atoms with Crippen molar-refractivity contribution in [2.24, 2.45) is 64.6 Å². The van der Waals surface area contributed by atoms with Crippen molar-refractivity contribution in [1.29, 1.82) is 0 Å². The lowest BCUT2D eigenvalue weighted by Gasteiger charge is -2.57. The first-order valence-electron chi connectivity index (χ1n) is 12.9. The summed E-state index contributed by atoms with van der Waals surface area (Å²) in [5, 5.41) is 4.42. The zero-order valence-electron chi connectivity index (χ0n) is 19.4. The molecule has 11 atom stereocenters. The van der Waals surface area contributed by atoms with Crippen LogP contribution in [0.2, 0.25) is 0 Å². The second-order valence-corrected chi connectivity index (χ2v) is 12.5. The summed E-state index contributed by atoms with van der Waals surface area (Å²) in [6.07, 6.45) is 14.0. The lowest BCUT2D eigenvalue weighted by Crippen LogP contribution is -2.51. The van der Waals surface area contributed by atoms with Crippen molar-refractivity contribution in [2.45, 2.75) is 79.2 Å². The summed E-state index contributed by atoms with van der Waals surface area (Å²) in [5.74, 6) is 8.63. The van der Waals surface area contributed by atoms with Crippen LogP contribution in [0.5, 0.6) is 0 Å². The van der Waals surface area contributed by atoms with Crippen LogP contribution in [-0.4, -0.2) is 15.6 Å². The molecular formula is C27H40N2O. The first-order chi connectivity index (χ1) is 14.4. The molecule has 1 heterocycles. The number of hydrogen-bond acceptors (Lipinski definition) is 2. The van der Waals surface area contributed by atoms with Gasteiger partial charge in [-0.05, 0) is 110 Å². The molecule has 3 heteroatoms. The molecule has 164 valence electrons. The van der Waals surface area contributed by atoms with Crippen molar-refractivity contribution in [2.75, 3.05) is 0 Å². The van der Waals surface area contributed by atoms with E-state index in [1.807, 2.05) is 17.1 Å². The number of nitrogens with zero attached hydrogens (tertiary/aromatic N) is 2. The Labute approximate surface area is 182 Å². The van der Waals surface area contributed by atoms with Crippen LogP contribution in [0.1, 0.15) is 71.3 Å². The molecule has 0 N–H and O–H groups in total. The largest absolute Gasteiger partial charge is 0.297 e. The van der Waals surface area contributed by atoms with Gasteiger partial charge in [-0.1, -0.05) is 27.2 Å². The maximum atomic E-state index is 13.6. The third-order valence-electron chi connectivity index (χ3n) is 11.0. The summed E-state index contributed by atoms with van der Waals surface area (Å²) in [4.78, 5) is 13.6. The van der Waals surface area contributed by atoms with E-state index < -0.39 is 0 Å². The molecule has 0 spiro atoms. The normalized spacial score (nSPS) is 51.5. The van der Waals surface area contributed by atoms with E-state index >= 15 is 0 Å². The predicted octanol–water partition coefficient (Wildman–Crippen LogP) is 5.77. The Balaban J connectivity index is 1.27. The zero-order chi connectivity index (χ0) is 20.8. The third kappa shape index (κ3) is 2.69. The molecule has 1 aromatic heterocycles. The van der Waals surface area contributed by atoms with Crippen molar-refractivity contribution in [1.82, 2.24) is 9.78 Å². The standard InChI is InChI=1S/C27H40N2O/c1-15-5-7-19-18(11-15)6-8-21-20(19)9-10-27(4)25(21)23-17(3)24(23)26(27)22(30)14-29-13-16(2)12-28-29/h12-13,15,17-21,23-26H,5-11,14H2,1-4H3/t15-,17-,18+,19-,20?,21+,23+,24-,25?,26-,27-/m0/s1. The molecule has 0 saturated heterocycles. The monoisotopic (exact) mass is 408 g/mol. The van der Waals surface area contributed by atoms with E-state index in [4.69, 9.17) is 0 Å². The number of rotatable bonds is 3. The first kappa shape index (κ1) is 19.6. The Bertz CT molecular complexity index is 844. The minimum Gasteiger partial charge on any atom is -0.297 e. The maximum absolute atomic E-state index is 13.6. The number of hydrogen-bond donors (Lipinski definition) is 0. The lowest BCUT2D eigenvalue weighted by molar-refractivity contribution is -0.135. The van der Waals surface area contributed by atoms with Gasteiger partial charge in [-0.25, -0.2) is 0 Å². The first-order valence-corrected chi connectivity index (χ1v) is 12.9. The van der Waals surface area contributed by atoms with E-state index in [1.165, 1.54) is 44.9 Å². The Morgan fingerprint density at radius 2 is 1.90 bits per heavy atom. The van der Waals surface area contributed by atoms with Gasteiger partial charge < -0.3 is 0 Å². The summed E-state index contributed by atoms with van der Waals surface area (Å²) in [5.41, 5.74) is 1.40. The fraction of sp³-hybridized carbons (Fsp3) is 0.852. The van der Waals surface area contributed by atoms with Crippen molar-refractivity contribution in [3.63, 3.8) is 0 Å². The van der Waals surface area contributed by atoms with Crippen LogP contribution in [0, 0.1) is 71.5 Å². The van der Waals surface area contributed by atoms with Gasteiger partial charge in [0.15, 0.2) is 5.78 Å². The van der Waals surface area contributed by atoms with E-state index in [0.29, 0.717) is 18.2 Å². The Morgan fingerprint density at radius 1 is 1.10 bits per heavy atom. The van der Waals surface area contributed by atoms with Crippen molar-refractivity contribution < 1.29 is 4.79 Å². The van der Waals surface area contributed by atoms with Gasteiger partial charge in [0.1, 0.15) is 0 Å². The lowest BCUT2D eigenvalue weighted by atomic mass is 9.47. The molecule has 1 aromatic rings. The van der Waals surface area contributed by atoms with Crippen LogP contribution in [0.15, 0.2) is 12.4 Å². The van der Waals surface area contributed by atoms with Crippen LogP contribution in [0.4, 0.5) is 0 Å². The summed E-state index contributed by atoms with van der Waals surface area (Å²) >= 11 is 0. The number of Topliss-reactive ketones (excluding diaryl/α,β-unsaturated/α-hetero) is 1. The smallest absolute Gasteiger partial charge is 0.158 e. The van der Waals surface area contributed by atoms with Gasteiger partial charge in [0, 0.05) is 12.1 Å². The van der Waals surface area contributed by atoms with E-state index in [1.54, 1.807) is 0 Å². The van der Waals surface area contributed by atoms with Crippen LogP contribution in [0.25, 0.3) is 0 Å². The molecule has 0 radical (unpaired) electrons. The number of fused-ring (bicyclic) bond motifs is 7. The highest BCUT2D eigenvalue weighted by atomic mass is 16.1. The van der Waals surface area contributed by atoms with Gasteiger partial charge in [-0.2, -0.15) is 5.10 Å². The topological polar surface area (TPSA) is 34.9 Å². The second kappa shape index (κ2) is 6.69. The highest BCUT2D eigenvalue weighted by Gasteiger charge is 2.73. The van der Waals surface area contributed by atoms with Crippen LogP contribution < -0.4 is 0 Å². The highest BCUT2D eigenvalue weighted by molar-refractivity contribution is 5.83. The minimum atomic E-state index is 0.247. The van der Waals surface area contributed by atoms with E-state index in [0.717, 1.165) is 52.9 Å². The number of aryl methyl sites for hydroxylation is 1. The Hall–Kier alpha value is -1.12. The summed E-state index contributed by atoms with van der Waals surface area (Å²) in [7, 11) is 0. The van der Waals surface area contributed by atoms with Crippen LogP contribution in [0.3, 0.4) is 0 Å². The molecule has 3 nitrogen and oxygen atoms in total. The van der Waals surface area contributed by atoms with Gasteiger partial charge in [0.2, 0.25) is 0 Å². The summed E-state index contributed by atoms with van der Waals surface area (Å²) < 4.78 is 1.89. The number of aromatic nitrogens is 2. The minimum absolute atomic E-state index is 0.247. The molecular weight excluding hydrogens is 368 g/mol. The molecule has 5 aliphatic carbocycles. The van der Waals surface area contributed by atoms with Crippen molar-refractivity contribution in [3.05, 3.63) is 18.0 Å². The molecule has 5 saturated carbocycles. The molecule has 30 heavy (non-hydrogen) atoms. The molecule has 5 aliphatic rings. The Kier molecular flexibility index (Phi) is 4.36. The van der Waals surface area contributed by atoms with Crippen molar-refractivity contribution >= 4 is 5.78 Å². The second-order valence-electron chi connectivity index (χ2n) is 12.5.